The first-order chi connectivity index (χ1) is 7.57. The Balaban J connectivity index is 2.52. The topological polar surface area (TPSA) is 12.9 Å². The second-order valence-electron chi connectivity index (χ2n) is 4.24. The molecule has 16 heavy (non-hydrogen) atoms. The van der Waals surface area contributed by atoms with E-state index in [-0.39, 0.29) is 4.75 Å². The summed E-state index contributed by atoms with van der Waals surface area (Å²) in [6.07, 6.45) is 1.18. The standard InChI is InChI=1S/C12H15NS3/c1-8-6-7-16-12(8,11(14)15)10-5-3-4-9(2)13-10/h3-5,8H,6-7H2,1-2H3,(H,14,15). The van der Waals surface area contributed by atoms with Crippen LogP contribution in [0.25, 0.3) is 0 Å². The molecule has 2 unspecified atom stereocenters. The van der Waals surface area contributed by atoms with E-state index >= 15 is 0 Å². The van der Waals surface area contributed by atoms with Crippen molar-refractivity contribution in [1.82, 2.24) is 4.98 Å². The summed E-state index contributed by atoms with van der Waals surface area (Å²) in [6, 6.07) is 6.14. The summed E-state index contributed by atoms with van der Waals surface area (Å²) >= 11 is 11.7. The number of nitrogens with zero attached hydrogens (tertiary/aromatic N) is 1. The van der Waals surface area contributed by atoms with Crippen molar-refractivity contribution in [2.24, 2.45) is 5.92 Å². The Labute approximate surface area is 112 Å². The van der Waals surface area contributed by atoms with Gasteiger partial charge in [0.05, 0.1) is 9.89 Å². The lowest BCUT2D eigenvalue weighted by atomic mass is 9.89. The summed E-state index contributed by atoms with van der Waals surface area (Å²) in [5.41, 5.74) is 2.11. The molecule has 86 valence electrons. The molecule has 1 aliphatic rings. The maximum Gasteiger partial charge on any atom is 0.101 e. The summed E-state index contributed by atoms with van der Waals surface area (Å²) < 4.78 is 0.602. The number of hydrogen-bond acceptors (Lipinski definition) is 3. The van der Waals surface area contributed by atoms with E-state index in [0.29, 0.717) is 5.92 Å². The predicted molar refractivity (Wildman–Crippen MR) is 78.5 cm³/mol. The minimum Gasteiger partial charge on any atom is -0.256 e. The maximum absolute atomic E-state index is 5.37. The summed E-state index contributed by atoms with van der Waals surface area (Å²) in [6.45, 7) is 4.26. The fourth-order valence-corrected chi connectivity index (χ4v) is 4.79. The van der Waals surface area contributed by atoms with Gasteiger partial charge in [-0.1, -0.05) is 25.2 Å². The maximum atomic E-state index is 5.37. The summed E-state index contributed by atoms with van der Waals surface area (Å²) in [7, 11) is 0. The Morgan fingerprint density at radius 3 is 2.88 bits per heavy atom. The number of hydrogen-bond donors (Lipinski definition) is 1. The zero-order valence-corrected chi connectivity index (χ0v) is 12.0. The van der Waals surface area contributed by atoms with Crippen LogP contribution in [0.2, 0.25) is 0 Å². The van der Waals surface area contributed by atoms with Crippen molar-refractivity contribution < 1.29 is 0 Å². The third-order valence-electron chi connectivity index (χ3n) is 3.16. The van der Waals surface area contributed by atoms with Gasteiger partial charge in [0.25, 0.3) is 0 Å². The molecular formula is C12H15NS3. The predicted octanol–water partition coefficient (Wildman–Crippen LogP) is 3.62. The van der Waals surface area contributed by atoms with Crippen LogP contribution < -0.4 is 0 Å². The molecule has 2 atom stereocenters. The molecule has 1 fully saturated rings. The molecule has 0 saturated carbocycles. The largest absolute Gasteiger partial charge is 0.256 e. The van der Waals surface area contributed by atoms with Gasteiger partial charge in [0.1, 0.15) is 4.75 Å². The SMILES string of the molecule is Cc1cccc(C2(C(=S)S)SCCC2C)n1. The first-order valence-corrected chi connectivity index (χ1v) is 7.23. The molecule has 2 rings (SSSR count). The molecule has 1 nitrogen and oxygen atoms in total. The van der Waals surface area contributed by atoms with Gasteiger partial charge in [-0.05, 0) is 37.1 Å². The van der Waals surface area contributed by atoms with Crippen LogP contribution in [0.1, 0.15) is 24.7 Å². The molecule has 1 aromatic rings. The molecule has 0 amide bonds. The average Bonchev–Trinajstić information content (AvgIpc) is 2.61. The summed E-state index contributed by atoms with van der Waals surface area (Å²) in [5.74, 6) is 1.65. The van der Waals surface area contributed by atoms with Crippen LogP contribution in [0, 0.1) is 12.8 Å². The number of rotatable bonds is 2. The van der Waals surface area contributed by atoms with Crippen LogP contribution in [0.3, 0.4) is 0 Å². The molecule has 1 aromatic heterocycles. The first kappa shape index (κ1) is 12.4. The van der Waals surface area contributed by atoms with Crippen molar-refractivity contribution in [3.63, 3.8) is 0 Å². The zero-order valence-electron chi connectivity index (χ0n) is 9.43. The van der Waals surface area contributed by atoms with Crippen molar-refractivity contribution in [3.05, 3.63) is 29.6 Å². The second-order valence-corrected chi connectivity index (χ2v) is 6.74. The van der Waals surface area contributed by atoms with Gasteiger partial charge in [0, 0.05) is 5.69 Å². The number of thiol groups is 1. The van der Waals surface area contributed by atoms with E-state index in [1.54, 1.807) is 0 Å². The van der Waals surface area contributed by atoms with E-state index in [1.807, 2.05) is 24.8 Å². The highest BCUT2D eigenvalue weighted by molar-refractivity contribution is 8.15. The quantitative estimate of drug-likeness (QED) is 0.651. The Kier molecular flexibility index (Phi) is 3.62. The first-order valence-electron chi connectivity index (χ1n) is 5.39. The Bertz CT molecular complexity index is 418. The van der Waals surface area contributed by atoms with Crippen molar-refractivity contribution in [3.8, 4) is 0 Å². The molecule has 0 N–H and O–H groups in total. The lowest BCUT2D eigenvalue weighted by molar-refractivity contribution is 0.520. The number of thioether (sulfide) groups is 1. The third kappa shape index (κ3) is 1.91. The number of aryl methyl sites for hydroxylation is 1. The Morgan fingerprint density at radius 2 is 2.38 bits per heavy atom. The monoisotopic (exact) mass is 269 g/mol. The van der Waals surface area contributed by atoms with Gasteiger partial charge in [-0.25, -0.2) is 0 Å². The Morgan fingerprint density at radius 1 is 1.62 bits per heavy atom. The van der Waals surface area contributed by atoms with E-state index in [1.165, 1.54) is 6.42 Å². The zero-order chi connectivity index (χ0) is 11.8. The molecule has 2 heterocycles. The smallest absolute Gasteiger partial charge is 0.101 e. The average molecular weight is 269 g/mol. The number of thiocarbonyl (C=S) groups is 1. The van der Waals surface area contributed by atoms with Crippen LogP contribution in [-0.4, -0.2) is 14.9 Å². The van der Waals surface area contributed by atoms with Crippen molar-refractivity contribution in [2.45, 2.75) is 25.0 Å². The molecule has 0 aliphatic carbocycles. The van der Waals surface area contributed by atoms with Gasteiger partial charge < -0.3 is 0 Å². The molecule has 0 bridgehead atoms. The van der Waals surface area contributed by atoms with Gasteiger partial charge in [-0.15, -0.1) is 24.4 Å². The summed E-state index contributed by atoms with van der Waals surface area (Å²) in [4.78, 5) is 4.64. The Hall–Kier alpha value is -0.0600. The minimum absolute atomic E-state index is 0.162. The number of pyridine rings is 1. The minimum atomic E-state index is -0.162. The third-order valence-corrected chi connectivity index (χ3v) is 5.83. The highest BCUT2D eigenvalue weighted by Gasteiger charge is 2.46. The van der Waals surface area contributed by atoms with E-state index in [2.05, 4.69) is 36.7 Å². The molecule has 0 aromatic carbocycles. The van der Waals surface area contributed by atoms with Gasteiger partial charge in [0.15, 0.2) is 0 Å². The van der Waals surface area contributed by atoms with E-state index < -0.39 is 0 Å². The molecule has 0 spiro atoms. The van der Waals surface area contributed by atoms with Crippen LogP contribution in [0.15, 0.2) is 18.2 Å². The van der Waals surface area contributed by atoms with Gasteiger partial charge >= 0.3 is 0 Å². The van der Waals surface area contributed by atoms with E-state index in [4.69, 9.17) is 12.2 Å². The highest BCUT2D eigenvalue weighted by atomic mass is 32.2. The van der Waals surface area contributed by atoms with Gasteiger partial charge in [-0.2, -0.15) is 0 Å². The fourth-order valence-electron chi connectivity index (χ4n) is 2.20. The van der Waals surface area contributed by atoms with Crippen LogP contribution in [-0.2, 0) is 4.75 Å². The lowest BCUT2D eigenvalue weighted by Crippen LogP contribution is -2.32. The normalized spacial score (nSPS) is 29.3. The summed E-state index contributed by atoms with van der Waals surface area (Å²) in [5, 5.41) is 0. The van der Waals surface area contributed by atoms with Crippen molar-refractivity contribution in [2.75, 3.05) is 5.75 Å². The molecule has 1 aliphatic heterocycles. The van der Waals surface area contributed by atoms with Crippen LogP contribution in [0.4, 0.5) is 0 Å². The van der Waals surface area contributed by atoms with E-state index in [0.717, 1.165) is 21.3 Å². The molecular weight excluding hydrogens is 254 g/mol. The molecule has 0 radical (unpaired) electrons. The second kappa shape index (κ2) is 4.67. The molecule has 1 saturated heterocycles. The van der Waals surface area contributed by atoms with Crippen LogP contribution >= 0.6 is 36.6 Å². The van der Waals surface area contributed by atoms with Gasteiger partial charge in [0.2, 0.25) is 0 Å². The van der Waals surface area contributed by atoms with Crippen molar-refractivity contribution in [1.29, 1.82) is 0 Å². The van der Waals surface area contributed by atoms with Crippen molar-refractivity contribution >= 4 is 40.8 Å². The van der Waals surface area contributed by atoms with Crippen LogP contribution in [0.5, 0.6) is 0 Å². The molecule has 4 heteroatoms. The lowest BCUT2D eigenvalue weighted by Gasteiger charge is -2.31. The number of aromatic nitrogens is 1. The van der Waals surface area contributed by atoms with Gasteiger partial charge in [-0.3, -0.25) is 4.98 Å². The van der Waals surface area contributed by atoms with E-state index in [9.17, 15) is 0 Å². The fraction of sp³-hybridized carbons (Fsp3) is 0.500. The highest BCUT2D eigenvalue weighted by Crippen LogP contribution is 2.51.